The van der Waals surface area contributed by atoms with Crippen molar-refractivity contribution in [3.63, 3.8) is 0 Å². The van der Waals surface area contributed by atoms with Crippen LogP contribution in [0.2, 0.25) is 0 Å². The number of aliphatic carboxylic acids is 1. The van der Waals surface area contributed by atoms with Crippen molar-refractivity contribution in [2.24, 2.45) is 23.2 Å². The van der Waals surface area contributed by atoms with Crippen LogP contribution >= 0.6 is 0 Å². The number of carboxylic acids is 1. The Morgan fingerprint density at radius 2 is 1.73 bits per heavy atom. The normalized spacial score (nSPS) is 36.8. The van der Waals surface area contributed by atoms with Crippen LogP contribution in [0.3, 0.4) is 0 Å². The van der Waals surface area contributed by atoms with Gasteiger partial charge in [-0.15, -0.1) is 6.58 Å². The molecule has 4 aliphatic rings. The highest BCUT2D eigenvalue weighted by Crippen LogP contribution is 2.60. The van der Waals surface area contributed by atoms with Crippen LogP contribution in [0.1, 0.15) is 57.8 Å². The summed E-state index contributed by atoms with van der Waals surface area (Å²) in [5, 5.41) is 12.2. The molecule has 0 radical (unpaired) electrons. The van der Waals surface area contributed by atoms with E-state index in [2.05, 4.69) is 11.9 Å². The summed E-state index contributed by atoms with van der Waals surface area (Å²) in [6, 6.07) is -0.750. The molecule has 4 nitrogen and oxygen atoms in total. The molecule has 4 saturated carbocycles. The fourth-order valence-corrected chi connectivity index (χ4v) is 5.42. The number of hydrogen-bond acceptors (Lipinski definition) is 2. The first-order valence-electron chi connectivity index (χ1n) is 8.67. The number of rotatable bonds is 7. The number of unbranched alkanes of at least 4 members (excludes halogenated alkanes) is 1. The van der Waals surface area contributed by atoms with Gasteiger partial charge in [0.1, 0.15) is 6.04 Å². The van der Waals surface area contributed by atoms with Crippen LogP contribution in [0.5, 0.6) is 0 Å². The van der Waals surface area contributed by atoms with Crippen molar-refractivity contribution in [2.75, 3.05) is 0 Å². The lowest BCUT2D eigenvalue weighted by Gasteiger charge is -2.55. The lowest BCUT2D eigenvalue weighted by atomic mass is 9.49. The lowest BCUT2D eigenvalue weighted by Crippen LogP contribution is -2.56. The fourth-order valence-electron chi connectivity index (χ4n) is 5.42. The van der Waals surface area contributed by atoms with Gasteiger partial charge in [-0.2, -0.15) is 0 Å². The van der Waals surface area contributed by atoms with Gasteiger partial charge in [-0.3, -0.25) is 4.79 Å². The summed E-state index contributed by atoms with van der Waals surface area (Å²) in [6.45, 7) is 3.66. The summed E-state index contributed by atoms with van der Waals surface area (Å²) in [5.41, 5.74) is -0.263. The molecule has 0 heterocycles. The van der Waals surface area contributed by atoms with Crippen LogP contribution in [0.4, 0.5) is 0 Å². The quantitative estimate of drug-likeness (QED) is 0.561. The molecule has 2 N–H and O–H groups in total. The minimum Gasteiger partial charge on any atom is -0.480 e. The summed E-state index contributed by atoms with van der Waals surface area (Å²) in [5.74, 6) is 1.18. The molecule has 1 amide bonds. The van der Waals surface area contributed by atoms with E-state index in [4.69, 9.17) is 0 Å². The average molecular weight is 305 g/mol. The molecule has 0 aromatic heterocycles. The minimum atomic E-state index is -0.915. The van der Waals surface area contributed by atoms with E-state index in [1.54, 1.807) is 6.08 Å². The molecule has 1 atom stereocenters. The third kappa shape index (κ3) is 2.92. The van der Waals surface area contributed by atoms with E-state index in [1.807, 2.05) is 0 Å². The first kappa shape index (κ1) is 15.6. The molecule has 0 aromatic rings. The molecule has 4 fully saturated rings. The molecule has 0 aromatic carbocycles. The number of amides is 1. The molecule has 0 spiro atoms. The van der Waals surface area contributed by atoms with Crippen molar-refractivity contribution in [1.82, 2.24) is 5.32 Å². The molecule has 122 valence electrons. The summed E-state index contributed by atoms with van der Waals surface area (Å²) in [6.07, 6.45) is 10.6. The van der Waals surface area contributed by atoms with Crippen molar-refractivity contribution in [3.8, 4) is 0 Å². The minimum absolute atomic E-state index is 0.0117. The Labute approximate surface area is 132 Å². The van der Waals surface area contributed by atoms with Crippen molar-refractivity contribution in [1.29, 1.82) is 0 Å². The number of hydrogen-bond donors (Lipinski definition) is 2. The molecule has 0 unspecified atom stereocenters. The summed E-state index contributed by atoms with van der Waals surface area (Å²) >= 11 is 0. The number of carbonyl (C=O) groups is 2. The number of nitrogens with one attached hydrogen (secondary N) is 1. The topological polar surface area (TPSA) is 66.4 Å². The smallest absolute Gasteiger partial charge is 0.326 e. The van der Waals surface area contributed by atoms with Crippen LogP contribution in [0.15, 0.2) is 12.7 Å². The van der Waals surface area contributed by atoms with Crippen LogP contribution in [0, 0.1) is 23.2 Å². The highest BCUT2D eigenvalue weighted by atomic mass is 16.4. The highest BCUT2D eigenvalue weighted by Gasteiger charge is 2.54. The Kier molecular flexibility index (Phi) is 4.28. The van der Waals surface area contributed by atoms with Gasteiger partial charge in [-0.1, -0.05) is 6.08 Å². The third-order valence-electron chi connectivity index (χ3n) is 6.02. The van der Waals surface area contributed by atoms with E-state index in [-0.39, 0.29) is 11.3 Å². The Morgan fingerprint density at radius 1 is 1.18 bits per heavy atom. The van der Waals surface area contributed by atoms with Gasteiger partial charge in [0.05, 0.1) is 0 Å². The van der Waals surface area contributed by atoms with Gasteiger partial charge in [-0.05, 0) is 75.5 Å². The predicted molar refractivity (Wildman–Crippen MR) is 84.2 cm³/mol. The Balaban J connectivity index is 1.65. The lowest BCUT2D eigenvalue weighted by molar-refractivity contribution is -0.151. The molecule has 0 aliphatic heterocycles. The maximum atomic E-state index is 12.8. The Bertz CT molecular complexity index is 436. The first-order chi connectivity index (χ1) is 10.5. The molecule has 0 saturated heterocycles. The largest absolute Gasteiger partial charge is 0.480 e. The molecule has 4 bridgehead atoms. The summed E-state index contributed by atoms with van der Waals surface area (Å²) < 4.78 is 0. The van der Waals surface area contributed by atoms with Gasteiger partial charge in [0.15, 0.2) is 0 Å². The van der Waals surface area contributed by atoms with E-state index in [9.17, 15) is 14.7 Å². The zero-order valence-electron chi connectivity index (χ0n) is 13.2. The number of carboxylic acid groups (broad SMARTS) is 1. The maximum Gasteiger partial charge on any atom is 0.326 e. The third-order valence-corrected chi connectivity index (χ3v) is 6.02. The van der Waals surface area contributed by atoms with Gasteiger partial charge in [0.2, 0.25) is 5.91 Å². The van der Waals surface area contributed by atoms with E-state index in [1.165, 1.54) is 19.3 Å². The van der Waals surface area contributed by atoms with Crippen LogP contribution in [0.25, 0.3) is 0 Å². The second-order valence-electron chi connectivity index (χ2n) is 7.78. The molecule has 22 heavy (non-hydrogen) atoms. The zero-order chi connectivity index (χ0) is 15.7. The zero-order valence-corrected chi connectivity index (χ0v) is 13.2. The molecule has 4 aliphatic carbocycles. The average Bonchev–Trinajstić information content (AvgIpc) is 2.44. The van der Waals surface area contributed by atoms with Crippen LogP contribution in [-0.2, 0) is 9.59 Å². The highest BCUT2D eigenvalue weighted by molar-refractivity contribution is 5.87. The molecule has 4 heteroatoms. The standard InChI is InChI=1S/C18H27NO3/c1-2-3-4-5-15(16(20)21)19-17(22)18-9-12-6-13(10-18)8-14(7-12)11-18/h2,12-15H,1,3-11H2,(H,19,22)(H,20,21)/t12?,13?,14?,15-,18?/m0/s1. The molecular weight excluding hydrogens is 278 g/mol. The van der Waals surface area contributed by atoms with Gasteiger partial charge >= 0.3 is 5.97 Å². The van der Waals surface area contributed by atoms with Crippen molar-refractivity contribution < 1.29 is 14.7 Å². The fraction of sp³-hybridized carbons (Fsp3) is 0.778. The molecular formula is C18H27NO3. The van der Waals surface area contributed by atoms with E-state index in [0.717, 1.165) is 32.1 Å². The summed E-state index contributed by atoms with van der Waals surface area (Å²) in [4.78, 5) is 24.3. The maximum absolute atomic E-state index is 12.8. The molecule has 4 rings (SSSR count). The van der Waals surface area contributed by atoms with Gasteiger partial charge in [0, 0.05) is 5.41 Å². The van der Waals surface area contributed by atoms with E-state index >= 15 is 0 Å². The Morgan fingerprint density at radius 3 is 2.18 bits per heavy atom. The summed E-state index contributed by atoms with van der Waals surface area (Å²) in [7, 11) is 0. The number of allylic oxidation sites excluding steroid dienone is 1. The van der Waals surface area contributed by atoms with Crippen LogP contribution < -0.4 is 5.32 Å². The Hall–Kier alpha value is -1.32. The van der Waals surface area contributed by atoms with Crippen molar-refractivity contribution in [3.05, 3.63) is 12.7 Å². The van der Waals surface area contributed by atoms with Gasteiger partial charge in [0.25, 0.3) is 0 Å². The van der Waals surface area contributed by atoms with Gasteiger partial charge < -0.3 is 10.4 Å². The van der Waals surface area contributed by atoms with Crippen molar-refractivity contribution in [2.45, 2.75) is 63.8 Å². The van der Waals surface area contributed by atoms with Gasteiger partial charge in [-0.25, -0.2) is 4.79 Å². The monoisotopic (exact) mass is 305 g/mol. The SMILES string of the molecule is C=CCCC[C@H](NC(=O)C12CC3CC(CC(C3)C1)C2)C(=O)O. The van der Waals surface area contributed by atoms with Crippen molar-refractivity contribution >= 4 is 11.9 Å². The number of carbonyl (C=O) groups excluding carboxylic acids is 1. The van der Waals surface area contributed by atoms with Crippen LogP contribution in [-0.4, -0.2) is 23.0 Å². The second kappa shape index (κ2) is 6.05. The second-order valence-corrected chi connectivity index (χ2v) is 7.78. The van der Waals surface area contributed by atoms with E-state index < -0.39 is 12.0 Å². The predicted octanol–water partition coefficient (Wildman–Crippen LogP) is 3.13. The first-order valence-corrected chi connectivity index (χ1v) is 8.67. The van der Waals surface area contributed by atoms with E-state index in [0.29, 0.717) is 24.2 Å².